The number of unbranched alkanes of at least 4 members (excludes halogenated alkanes) is 1. The summed E-state index contributed by atoms with van der Waals surface area (Å²) in [5.41, 5.74) is 10.5. The summed E-state index contributed by atoms with van der Waals surface area (Å²) in [6, 6.07) is -4.35. The second-order valence-corrected chi connectivity index (χ2v) is 6.60. The van der Waals surface area contributed by atoms with Gasteiger partial charge in [0, 0.05) is 6.42 Å². The van der Waals surface area contributed by atoms with Gasteiger partial charge in [-0.25, -0.2) is 4.79 Å². The van der Waals surface area contributed by atoms with Crippen molar-refractivity contribution in [2.75, 3.05) is 13.1 Å². The van der Waals surface area contributed by atoms with E-state index in [1.54, 1.807) is 0 Å². The van der Waals surface area contributed by atoms with Crippen LogP contribution in [0.15, 0.2) is 0 Å². The van der Waals surface area contributed by atoms with Gasteiger partial charge in [0.1, 0.15) is 18.1 Å². The number of nitrogens with two attached hydrogens (primary N) is 2. The van der Waals surface area contributed by atoms with Gasteiger partial charge in [-0.05, 0) is 32.2 Å². The van der Waals surface area contributed by atoms with E-state index < -0.39 is 79.6 Å². The fraction of sp³-hybridized carbons (Fsp3) is 0.647. The van der Waals surface area contributed by atoms with Crippen LogP contribution in [-0.2, 0) is 28.8 Å². The van der Waals surface area contributed by atoms with E-state index in [0.29, 0.717) is 19.4 Å². The van der Waals surface area contributed by atoms with Gasteiger partial charge in [-0.15, -0.1) is 0 Å². The number of carbonyl (C=O) groups is 6. The molecular weight excluding hydrogens is 418 g/mol. The molecule has 0 aromatic rings. The van der Waals surface area contributed by atoms with Gasteiger partial charge in [-0.2, -0.15) is 0 Å². The summed E-state index contributed by atoms with van der Waals surface area (Å²) in [6.45, 7) is -0.188. The molecule has 10 N–H and O–H groups in total. The lowest BCUT2D eigenvalue weighted by Crippen LogP contribution is -2.56. The normalized spacial score (nSPS) is 13.4. The van der Waals surface area contributed by atoms with Crippen LogP contribution in [0.5, 0.6) is 0 Å². The Balaban J connectivity index is 5.39. The first-order chi connectivity index (χ1) is 14.5. The standard InChI is InChI=1S/C17H29N5O9/c18-6-2-1-3-10(17(30)31)22-15(28)9(4-5-13(24)25)21-16(29)11(7-14(26)27)20-12(23)8-19/h9-11H,1-8,18-19H2,(H,20,23)(H,21,29)(H,22,28)(H,24,25)(H,26,27)(H,30,31). The number of rotatable bonds is 16. The van der Waals surface area contributed by atoms with Crippen molar-refractivity contribution >= 4 is 35.6 Å². The molecule has 0 saturated heterocycles. The molecule has 31 heavy (non-hydrogen) atoms. The van der Waals surface area contributed by atoms with Crippen LogP contribution in [0.1, 0.15) is 38.5 Å². The van der Waals surface area contributed by atoms with Gasteiger partial charge >= 0.3 is 17.9 Å². The molecule has 0 fully saturated rings. The lowest BCUT2D eigenvalue weighted by Gasteiger charge is -2.23. The minimum Gasteiger partial charge on any atom is -0.481 e. The van der Waals surface area contributed by atoms with Crippen LogP contribution in [0.2, 0.25) is 0 Å². The first-order valence-corrected chi connectivity index (χ1v) is 9.48. The van der Waals surface area contributed by atoms with E-state index in [1.165, 1.54) is 0 Å². The molecule has 0 aromatic heterocycles. The van der Waals surface area contributed by atoms with Gasteiger partial charge in [0.2, 0.25) is 17.7 Å². The van der Waals surface area contributed by atoms with Crippen LogP contribution in [0.25, 0.3) is 0 Å². The maximum absolute atomic E-state index is 12.5. The van der Waals surface area contributed by atoms with E-state index in [0.717, 1.165) is 0 Å². The number of nitrogens with one attached hydrogen (secondary N) is 3. The van der Waals surface area contributed by atoms with Crippen molar-refractivity contribution in [1.29, 1.82) is 0 Å². The topological polar surface area (TPSA) is 251 Å². The summed E-state index contributed by atoms with van der Waals surface area (Å²) in [5.74, 6) is -6.87. The molecule has 0 spiro atoms. The van der Waals surface area contributed by atoms with Crippen molar-refractivity contribution in [3.63, 3.8) is 0 Å². The second-order valence-electron chi connectivity index (χ2n) is 6.60. The molecule has 14 nitrogen and oxygen atoms in total. The Morgan fingerprint density at radius 1 is 0.710 bits per heavy atom. The first-order valence-electron chi connectivity index (χ1n) is 9.48. The fourth-order valence-electron chi connectivity index (χ4n) is 2.47. The van der Waals surface area contributed by atoms with Gasteiger partial charge < -0.3 is 42.7 Å². The van der Waals surface area contributed by atoms with E-state index in [4.69, 9.17) is 21.7 Å². The molecule has 0 bridgehead atoms. The number of amides is 3. The lowest BCUT2D eigenvalue weighted by molar-refractivity contribution is -0.143. The quantitative estimate of drug-likeness (QED) is 0.110. The molecule has 3 amide bonds. The Kier molecular flexibility index (Phi) is 13.1. The van der Waals surface area contributed by atoms with Crippen LogP contribution in [0.4, 0.5) is 0 Å². The summed E-state index contributed by atoms with van der Waals surface area (Å²) in [6.07, 6.45) is -0.759. The Bertz CT molecular complexity index is 670. The summed E-state index contributed by atoms with van der Waals surface area (Å²) in [7, 11) is 0. The monoisotopic (exact) mass is 447 g/mol. The lowest BCUT2D eigenvalue weighted by atomic mass is 10.1. The highest BCUT2D eigenvalue weighted by Gasteiger charge is 2.30. The van der Waals surface area contributed by atoms with E-state index >= 15 is 0 Å². The van der Waals surface area contributed by atoms with Gasteiger partial charge in [0.25, 0.3) is 0 Å². The largest absolute Gasteiger partial charge is 0.481 e. The van der Waals surface area contributed by atoms with Gasteiger partial charge in [-0.1, -0.05) is 0 Å². The smallest absolute Gasteiger partial charge is 0.326 e. The molecule has 0 saturated carbocycles. The summed E-state index contributed by atoms with van der Waals surface area (Å²) >= 11 is 0. The number of hydrogen-bond donors (Lipinski definition) is 8. The highest BCUT2D eigenvalue weighted by Crippen LogP contribution is 2.05. The third kappa shape index (κ3) is 12.1. The Morgan fingerprint density at radius 2 is 1.29 bits per heavy atom. The molecule has 0 aromatic carbocycles. The average molecular weight is 447 g/mol. The minimum atomic E-state index is -1.58. The van der Waals surface area contributed by atoms with Crippen molar-refractivity contribution in [2.24, 2.45) is 11.5 Å². The molecule has 14 heteroatoms. The SMILES string of the molecule is NCCCCC(NC(=O)C(CCC(=O)O)NC(=O)C(CC(=O)O)NC(=O)CN)C(=O)O. The zero-order chi connectivity index (χ0) is 24.0. The van der Waals surface area contributed by atoms with Crippen molar-refractivity contribution in [3.8, 4) is 0 Å². The van der Waals surface area contributed by atoms with Crippen molar-refractivity contribution < 1.29 is 44.1 Å². The molecule has 176 valence electrons. The zero-order valence-electron chi connectivity index (χ0n) is 16.8. The predicted octanol–water partition coefficient (Wildman–Crippen LogP) is -3.05. The maximum Gasteiger partial charge on any atom is 0.326 e. The highest BCUT2D eigenvalue weighted by atomic mass is 16.4. The first kappa shape index (κ1) is 27.7. The molecular formula is C17H29N5O9. The number of aliphatic carboxylic acids is 3. The van der Waals surface area contributed by atoms with Gasteiger partial charge in [0.15, 0.2) is 0 Å². The van der Waals surface area contributed by atoms with Crippen molar-refractivity contribution in [3.05, 3.63) is 0 Å². The molecule has 3 unspecified atom stereocenters. The van der Waals surface area contributed by atoms with Crippen molar-refractivity contribution in [1.82, 2.24) is 16.0 Å². The van der Waals surface area contributed by atoms with Crippen LogP contribution in [0, 0.1) is 0 Å². The average Bonchev–Trinajstić information content (AvgIpc) is 2.68. The van der Waals surface area contributed by atoms with Crippen LogP contribution >= 0.6 is 0 Å². The van der Waals surface area contributed by atoms with E-state index in [-0.39, 0.29) is 6.42 Å². The summed E-state index contributed by atoms with van der Waals surface area (Å²) in [5, 5.41) is 33.6. The highest BCUT2D eigenvalue weighted by molar-refractivity contribution is 5.95. The third-order valence-corrected chi connectivity index (χ3v) is 4.06. The number of hydrogen-bond acceptors (Lipinski definition) is 8. The Hall–Kier alpha value is -3.26. The Labute approximate surface area is 177 Å². The maximum atomic E-state index is 12.5. The summed E-state index contributed by atoms with van der Waals surface area (Å²) < 4.78 is 0. The minimum absolute atomic E-state index is 0.0616. The zero-order valence-corrected chi connectivity index (χ0v) is 16.8. The molecule has 0 aliphatic heterocycles. The third-order valence-electron chi connectivity index (χ3n) is 4.06. The van der Waals surface area contributed by atoms with Crippen molar-refractivity contribution in [2.45, 2.75) is 56.7 Å². The van der Waals surface area contributed by atoms with Gasteiger partial charge in [0.05, 0.1) is 13.0 Å². The van der Waals surface area contributed by atoms with Crippen LogP contribution < -0.4 is 27.4 Å². The second kappa shape index (κ2) is 14.7. The number of carbonyl (C=O) groups excluding carboxylic acids is 3. The van der Waals surface area contributed by atoms with E-state index in [1.807, 2.05) is 0 Å². The number of carboxylic acid groups (broad SMARTS) is 3. The van der Waals surface area contributed by atoms with E-state index in [2.05, 4.69) is 16.0 Å². The number of carboxylic acids is 3. The van der Waals surface area contributed by atoms with E-state index in [9.17, 15) is 33.9 Å². The Morgan fingerprint density at radius 3 is 1.77 bits per heavy atom. The van der Waals surface area contributed by atoms with Crippen LogP contribution in [0.3, 0.4) is 0 Å². The molecule has 0 aliphatic rings. The molecule has 0 rings (SSSR count). The molecule has 0 heterocycles. The fourth-order valence-corrected chi connectivity index (χ4v) is 2.47. The molecule has 3 atom stereocenters. The van der Waals surface area contributed by atoms with Gasteiger partial charge in [-0.3, -0.25) is 24.0 Å². The predicted molar refractivity (Wildman–Crippen MR) is 105 cm³/mol. The molecule has 0 aliphatic carbocycles. The summed E-state index contributed by atoms with van der Waals surface area (Å²) in [4.78, 5) is 69.6. The van der Waals surface area contributed by atoms with Crippen LogP contribution in [-0.4, -0.2) is 82.2 Å². The molecule has 0 radical (unpaired) electrons.